The van der Waals surface area contributed by atoms with E-state index in [1.165, 1.54) is 25.7 Å². The lowest BCUT2D eigenvalue weighted by atomic mass is 10.2. The molecule has 110 valence electrons. The zero-order chi connectivity index (χ0) is 16.1. The van der Waals surface area contributed by atoms with Crippen molar-refractivity contribution in [3.63, 3.8) is 0 Å². The number of imide groups is 1. The number of hydrogen-bond acceptors (Lipinski definition) is 6. The Bertz CT molecular complexity index is 254. The molecule has 19 heavy (non-hydrogen) atoms. The third kappa shape index (κ3) is 140. The van der Waals surface area contributed by atoms with Crippen molar-refractivity contribution >= 4 is 24.2 Å². The molecule has 7 N–H and O–H groups in total. The van der Waals surface area contributed by atoms with Crippen LogP contribution >= 0.6 is 0 Å². The number of primary amides is 2. The zero-order valence-electron chi connectivity index (χ0n) is 11.1. The van der Waals surface area contributed by atoms with Gasteiger partial charge in [-0.1, -0.05) is 39.5 Å². The van der Waals surface area contributed by atoms with E-state index in [4.69, 9.17) is 20.4 Å². The first-order chi connectivity index (χ1) is 8.87. The van der Waals surface area contributed by atoms with E-state index < -0.39 is 12.1 Å². The molecule has 4 amide bonds. The molecule has 0 saturated carbocycles. The Hall–Kier alpha value is -2.50. The van der Waals surface area contributed by atoms with Crippen molar-refractivity contribution < 1.29 is 19.2 Å². The van der Waals surface area contributed by atoms with Crippen LogP contribution in [0.25, 0.3) is 0 Å². The maximum Gasteiger partial charge on any atom is 0.320 e. The highest BCUT2D eigenvalue weighted by atomic mass is 16.2. The number of carbonyl (C=O) groups is 2. The molecule has 0 fully saturated rings. The van der Waals surface area contributed by atoms with Crippen LogP contribution in [-0.4, -0.2) is 24.2 Å². The molecule has 0 spiro atoms. The van der Waals surface area contributed by atoms with E-state index >= 15 is 0 Å². The second kappa shape index (κ2) is 29.6. The van der Waals surface area contributed by atoms with Gasteiger partial charge >= 0.3 is 12.1 Å². The van der Waals surface area contributed by atoms with Gasteiger partial charge < -0.3 is 11.5 Å². The highest BCUT2D eigenvalue weighted by Gasteiger charge is 1.92. The molecule has 0 rings (SSSR count). The molecule has 9 heteroatoms. The van der Waals surface area contributed by atoms with Gasteiger partial charge in [0.25, 0.3) is 0 Å². The molecular formula is C10H21N5O4. The fourth-order valence-corrected chi connectivity index (χ4v) is 0.621. The van der Waals surface area contributed by atoms with Crippen molar-refractivity contribution in [1.82, 2.24) is 5.32 Å². The minimum atomic E-state index is -0.938. The van der Waals surface area contributed by atoms with Gasteiger partial charge in [0.15, 0.2) is 0 Å². The summed E-state index contributed by atoms with van der Waals surface area (Å²) in [5, 5.41) is 12.4. The van der Waals surface area contributed by atoms with Crippen LogP contribution in [0.5, 0.6) is 0 Å². The minimum absolute atomic E-state index is 0.750. The molecule has 0 aliphatic rings. The van der Waals surface area contributed by atoms with Crippen LogP contribution in [0.1, 0.15) is 39.5 Å². The number of urea groups is 2. The van der Waals surface area contributed by atoms with Gasteiger partial charge in [-0.2, -0.15) is 0 Å². The van der Waals surface area contributed by atoms with Gasteiger partial charge in [-0.25, -0.2) is 30.0 Å². The van der Waals surface area contributed by atoms with Crippen molar-refractivity contribution in [3.05, 3.63) is 0 Å². The Morgan fingerprint density at radius 3 is 1.21 bits per heavy atom. The first-order valence-corrected chi connectivity index (χ1v) is 5.31. The topological polar surface area (TPSA) is 180 Å². The number of amides is 4. The lowest BCUT2D eigenvalue weighted by Gasteiger charge is -1.88. The molecule has 0 saturated heterocycles. The van der Waals surface area contributed by atoms with Gasteiger partial charge in [-0.15, -0.1) is 0 Å². The van der Waals surface area contributed by atoms with Crippen molar-refractivity contribution in [3.8, 4) is 0 Å². The second-order valence-corrected chi connectivity index (χ2v) is 2.76. The molecule has 0 unspecified atom stereocenters. The Morgan fingerprint density at radius 2 is 1.16 bits per heavy atom. The first-order valence-electron chi connectivity index (χ1n) is 5.31. The summed E-state index contributed by atoms with van der Waals surface area (Å²) >= 11 is 0. The normalized spacial score (nSPS) is 6.42. The molecule has 0 radical (unpaired) electrons. The van der Waals surface area contributed by atoms with Gasteiger partial charge in [0, 0.05) is 0 Å². The SMILES string of the molecule is CCCCCC.N=C=O.N=C=O.NC(=O)NC(N)=O. The number of nitrogens with two attached hydrogens (primary N) is 2. The summed E-state index contributed by atoms with van der Waals surface area (Å²) in [6, 6.07) is -1.88. The number of rotatable bonds is 3. The first kappa shape index (κ1) is 25.4. The summed E-state index contributed by atoms with van der Waals surface area (Å²) in [4.78, 5) is 35.9. The number of unbranched alkanes of at least 4 members (excludes halogenated alkanes) is 3. The monoisotopic (exact) mass is 275 g/mol. The summed E-state index contributed by atoms with van der Waals surface area (Å²) in [6.45, 7) is 4.46. The Kier molecular flexibility index (Phi) is 39.5. The standard InChI is InChI=1S/C6H14.C2H5N3O2.2CHNO/c1-3-5-6-4-2;3-1(6)5-2(4)7;2*2-1-3/h3-6H2,1-2H3;(H5,3,4,5,6,7);2*2H. The lowest BCUT2D eigenvalue weighted by molar-refractivity contribution is 0.236. The van der Waals surface area contributed by atoms with E-state index in [9.17, 15) is 9.59 Å². The van der Waals surface area contributed by atoms with Gasteiger partial charge in [0.2, 0.25) is 12.2 Å². The summed E-state index contributed by atoms with van der Waals surface area (Å²) in [7, 11) is 0. The van der Waals surface area contributed by atoms with E-state index in [0.717, 1.165) is 12.2 Å². The van der Waals surface area contributed by atoms with Crippen LogP contribution in [0.15, 0.2) is 0 Å². The van der Waals surface area contributed by atoms with Crippen molar-refractivity contribution in [2.45, 2.75) is 39.5 Å². The van der Waals surface area contributed by atoms with E-state index in [0.29, 0.717) is 0 Å². The number of isocyanates is 2. The number of carbonyl (C=O) groups excluding carboxylic acids is 4. The van der Waals surface area contributed by atoms with Crippen LogP contribution in [0, 0.1) is 10.8 Å². The van der Waals surface area contributed by atoms with Crippen LogP contribution < -0.4 is 16.8 Å². The molecule has 0 atom stereocenters. The molecule has 0 aromatic rings. The Labute approximate surface area is 111 Å². The molecule has 0 bridgehead atoms. The maximum absolute atomic E-state index is 9.62. The summed E-state index contributed by atoms with van der Waals surface area (Å²) in [6.07, 6.45) is 7.04. The summed E-state index contributed by atoms with van der Waals surface area (Å²) < 4.78 is 0. The van der Waals surface area contributed by atoms with Crippen LogP contribution in [0.4, 0.5) is 9.59 Å². The lowest BCUT2D eigenvalue weighted by Crippen LogP contribution is -2.38. The van der Waals surface area contributed by atoms with Gasteiger partial charge in [0.05, 0.1) is 0 Å². The number of hydrogen-bond donors (Lipinski definition) is 5. The highest BCUT2D eigenvalue weighted by molar-refractivity contribution is 5.91. The third-order valence-electron chi connectivity index (χ3n) is 1.20. The van der Waals surface area contributed by atoms with Crippen molar-refractivity contribution in [2.75, 3.05) is 0 Å². The van der Waals surface area contributed by atoms with Crippen molar-refractivity contribution in [1.29, 1.82) is 10.8 Å². The highest BCUT2D eigenvalue weighted by Crippen LogP contribution is 1.95. The molecule has 0 aromatic heterocycles. The molecule has 0 heterocycles. The fourth-order valence-electron chi connectivity index (χ4n) is 0.621. The third-order valence-corrected chi connectivity index (χ3v) is 1.20. The fraction of sp³-hybridized carbons (Fsp3) is 0.600. The molecule has 9 nitrogen and oxygen atoms in total. The van der Waals surface area contributed by atoms with Gasteiger partial charge in [-0.3, -0.25) is 5.32 Å². The summed E-state index contributed by atoms with van der Waals surface area (Å²) in [5.41, 5.74) is 8.88. The molecule has 0 aromatic carbocycles. The predicted octanol–water partition coefficient (Wildman–Crippen LogP) is 1.12. The quantitative estimate of drug-likeness (QED) is 0.294. The van der Waals surface area contributed by atoms with Crippen molar-refractivity contribution in [2.24, 2.45) is 11.5 Å². The average molecular weight is 275 g/mol. The molecule has 0 aliphatic heterocycles. The van der Waals surface area contributed by atoms with E-state index in [1.807, 2.05) is 0 Å². The Balaban J connectivity index is -0.0000000851. The van der Waals surface area contributed by atoms with E-state index in [1.54, 1.807) is 5.32 Å². The van der Waals surface area contributed by atoms with E-state index in [-0.39, 0.29) is 0 Å². The van der Waals surface area contributed by atoms with Gasteiger partial charge in [-0.05, 0) is 0 Å². The van der Waals surface area contributed by atoms with E-state index in [2.05, 4.69) is 25.3 Å². The van der Waals surface area contributed by atoms with Crippen LogP contribution in [-0.2, 0) is 9.59 Å². The minimum Gasteiger partial charge on any atom is -0.351 e. The predicted molar refractivity (Wildman–Crippen MR) is 68.9 cm³/mol. The van der Waals surface area contributed by atoms with Gasteiger partial charge in [0.1, 0.15) is 0 Å². The largest absolute Gasteiger partial charge is 0.351 e. The van der Waals surface area contributed by atoms with Crippen LogP contribution in [0.3, 0.4) is 0 Å². The smallest absolute Gasteiger partial charge is 0.320 e. The Morgan fingerprint density at radius 1 is 0.947 bits per heavy atom. The average Bonchev–Trinajstić information content (AvgIpc) is 2.27. The second-order valence-electron chi connectivity index (χ2n) is 2.76. The van der Waals surface area contributed by atoms with Crippen LogP contribution in [0.2, 0.25) is 0 Å². The number of nitrogens with one attached hydrogen (secondary N) is 3. The molecule has 0 aliphatic carbocycles. The zero-order valence-corrected chi connectivity index (χ0v) is 11.1. The summed E-state index contributed by atoms with van der Waals surface area (Å²) in [5.74, 6) is 0. The molecular weight excluding hydrogens is 254 g/mol. The maximum atomic E-state index is 9.62.